The summed E-state index contributed by atoms with van der Waals surface area (Å²) in [6, 6.07) is 3.29. The highest BCUT2D eigenvalue weighted by atomic mass is 16.3. The first-order valence-electron chi connectivity index (χ1n) is 6.48. The topological polar surface area (TPSA) is 70.0 Å². The zero-order valence-corrected chi connectivity index (χ0v) is 10.5. The minimum atomic E-state index is -0.0963. The smallest absolute Gasteiger partial charge is 0.346 e. The molecule has 0 radical (unpaired) electrons. The molecule has 6 heteroatoms. The van der Waals surface area contributed by atoms with Crippen molar-refractivity contribution < 1.29 is 9.21 Å². The maximum Gasteiger partial charge on any atom is 0.346 e. The van der Waals surface area contributed by atoms with E-state index in [0.717, 1.165) is 38.1 Å². The van der Waals surface area contributed by atoms with Gasteiger partial charge in [0.2, 0.25) is 0 Å². The van der Waals surface area contributed by atoms with E-state index in [9.17, 15) is 9.59 Å². The fraction of sp³-hybridized carbons (Fsp3) is 0.462. The van der Waals surface area contributed by atoms with Crippen LogP contribution in [0.25, 0.3) is 0 Å². The lowest BCUT2D eigenvalue weighted by molar-refractivity contribution is 0.109. The van der Waals surface area contributed by atoms with Gasteiger partial charge in [0.15, 0.2) is 12.0 Å². The fourth-order valence-corrected chi connectivity index (χ4v) is 2.42. The molecule has 3 heterocycles. The van der Waals surface area contributed by atoms with Gasteiger partial charge in [0.1, 0.15) is 18.1 Å². The van der Waals surface area contributed by atoms with Gasteiger partial charge in [-0.15, -0.1) is 0 Å². The molecule has 3 rings (SSSR count). The predicted molar refractivity (Wildman–Crippen MR) is 67.2 cm³/mol. The summed E-state index contributed by atoms with van der Waals surface area (Å²) >= 11 is 0. The first kappa shape index (κ1) is 12.0. The summed E-state index contributed by atoms with van der Waals surface area (Å²) in [5.74, 6) is 1.69. The highest BCUT2D eigenvalue weighted by molar-refractivity contribution is 5.70. The minimum Gasteiger partial charge on any atom is -0.456 e. The lowest BCUT2D eigenvalue weighted by atomic mass is 10.2. The lowest BCUT2D eigenvalue weighted by Crippen LogP contribution is -2.25. The Morgan fingerprint density at radius 1 is 1.32 bits per heavy atom. The van der Waals surface area contributed by atoms with Crippen molar-refractivity contribution in [3.8, 4) is 0 Å². The summed E-state index contributed by atoms with van der Waals surface area (Å²) in [5, 5.41) is 4.36. The fourth-order valence-electron chi connectivity index (χ4n) is 2.42. The maximum atomic E-state index is 12.2. The second kappa shape index (κ2) is 4.87. The molecular formula is C13H15N3O3. The van der Waals surface area contributed by atoms with Crippen LogP contribution in [0, 0.1) is 0 Å². The number of carbonyl (C=O) groups excluding carboxylic acids is 1. The molecule has 0 fully saturated rings. The molecule has 0 bridgehead atoms. The van der Waals surface area contributed by atoms with Crippen molar-refractivity contribution in [1.29, 1.82) is 0 Å². The van der Waals surface area contributed by atoms with Gasteiger partial charge in [-0.1, -0.05) is 6.42 Å². The Hall–Kier alpha value is -2.11. The number of hydrogen-bond acceptors (Lipinski definition) is 4. The number of aryl methyl sites for hydroxylation is 1. The standard InChI is InChI=1S/C13H15N3O3/c17-9-11-6-5-10(19-11)8-16-13(18)15-7-3-1-2-4-12(15)14-16/h5-6,9H,1-4,7-8H2. The van der Waals surface area contributed by atoms with Crippen LogP contribution in [0.2, 0.25) is 0 Å². The van der Waals surface area contributed by atoms with Crippen molar-refractivity contribution in [3.63, 3.8) is 0 Å². The maximum absolute atomic E-state index is 12.2. The third kappa shape index (κ3) is 2.25. The van der Waals surface area contributed by atoms with E-state index < -0.39 is 0 Å². The molecular weight excluding hydrogens is 246 g/mol. The summed E-state index contributed by atoms with van der Waals surface area (Å²) in [6.07, 6.45) is 4.74. The van der Waals surface area contributed by atoms with Crippen LogP contribution in [0.5, 0.6) is 0 Å². The second-order valence-electron chi connectivity index (χ2n) is 4.74. The average molecular weight is 261 g/mol. The number of aldehydes is 1. The summed E-state index contributed by atoms with van der Waals surface area (Å²) in [6.45, 7) is 1.01. The molecule has 0 saturated heterocycles. The zero-order chi connectivity index (χ0) is 13.2. The average Bonchev–Trinajstić information content (AvgIpc) is 2.89. The Balaban J connectivity index is 1.89. The van der Waals surface area contributed by atoms with Crippen molar-refractivity contribution in [1.82, 2.24) is 14.3 Å². The molecule has 2 aromatic heterocycles. The van der Waals surface area contributed by atoms with Gasteiger partial charge < -0.3 is 4.42 Å². The molecule has 0 atom stereocenters. The lowest BCUT2D eigenvalue weighted by Gasteiger charge is -1.97. The van der Waals surface area contributed by atoms with Crippen LogP contribution in [0.3, 0.4) is 0 Å². The Labute approximate surface area is 109 Å². The second-order valence-corrected chi connectivity index (χ2v) is 4.74. The van der Waals surface area contributed by atoms with E-state index in [0.29, 0.717) is 12.0 Å². The number of fused-ring (bicyclic) bond motifs is 1. The van der Waals surface area contributed by atoms with Crippen LogP contribution >= 0.6 is 0 Å². The van der Waals surface area contributed by atoms with Gasteiger partial charge in [-0.05, 0) is 25.0 Å². The van der Waals surface area contributed by atoms with Crippen molar-refractivity contribution in [2.75, 3.05) is 0 Å². The molecule has 0 N–H and O–H groups in total. The highest BCUT2D eigenvalue weighted by Gasteiger charge is 2.16. The van der Waals surface area contributed by atoms with Crippen molar-refractivity contribution in [2.45, 2.75) is 38.8 Å². The van der Waals surface area contributed by atoms with Crippen LogP contribution in [0.4, 0.5) is 0 Å². The van der Waals surface area contributed by atoms with Crippen molar-refractivity contribution in [2.24, 2.45) is 0 Å². The van der Waals surface area contributed by atoms with Gasteiger partial charge in [-0.3, -0.25) is 9.36 Å². The van der Waals surface area contributed by atoms with Crippen molar-refractivity contribution in [3.05, 3.63) is 40.0 Å². The first-order valence-corrected chi connectivity index (χ1v) is 6.48. The number of nitrogens with zero attached hydrogens (tertiary/aromatic N) is 3. The van der Waals surface area contributed by atoms with E-state index in [-0.39, 0.29) is 18.0 Å². The van der Waals surface area contributed by atoms with Crippen molar-refractivity contribution >= 4 is 6.29 Å². The third-order valence-corrected chi connectivity index (χ3v) is 3.39. The first-order chi connectivity index (χ1) is 9.28. The number of hydrogen-bond donors (Lipinski definition) is 0. The monoisotopic (exact) mass is 261 g/mol. The van der Waals surface area contributed by atoms with Gasteiger partial charge in [0, 0.05) is 13.0 Å². The van der Waals surface area contributed by atoms with Crippen LogP contribution in [0.1, 0.15) is 41.4 Å². The van der Waals surface area contributed by atoms with E-state index in [4.69, 9.17) is 4.42 Å². The third-order valence-electron chi connectivity index (χ3n) is 3.39. The Bertz CT molecular complexity index is 650. The SMILES string of the molecule is O=Cc1ccc(Cn2nc3n(c2=O)CCCCC3)o1. The molecule has 0 aliphatic carbocycles. The van der Waals surface area contributed by atoms with Crippen LogP contribution in [-0.2, 0) is 19.5 Å². The van der Waals surface area contributed by atoms with Gasteiger partial charge in [0.25, 0.3) is 0 Å². The normalized spacial score (nSPS) is 14.9. The quantitative estimate of drug-likeness (QED) is 0.779. The van der Waals surface area contributed by atoms with Gasteiger partial charge in [-0.2, -0.15) is 5.10 Å². The minimum absolute atomic E-state index is 0.0963. The molecule has 2 aromatic rings. The summed E-state index contributed by atoms with van der Waals surface area (Å²) in [5.41, 5.74) is -0.0963. The van der Waals surface area contributed by atoms with Crippen LogP contribution in [0.15, 0.2) is 21.3 Å². The van der Waals surface area contributed by atoms with E-state index in [1.54, 1.807) is 16.7 Å². The molecule has 0 aromatic carbocycles. The van der Waals surface area contributed by atoms with E-state index >= 15 is 0 Å². The highest BCUT2D eigenvalue weighted by Crippen LogP contribution is 2.11. The van der Waals surface area contributed by atoms with Crippen LogP contribution < -0.4 is 5.69 Å². The summed E-state index contributed by atoms with van der Waals surface area (Å²) < 4.78 is 8.43. The molecule has 100 valence electrons. The molecule has 19 heavy (non-hydrogen) atoms. The van der Waals surface area contributed by atoms with E-state index in [1.807, 2.05) is 0 Å². The summed E-state index contributed by atoms with van der Waals surface area (Å²) in [7, 11) is 0. The molecule has 0 amide bonds. The number of furan rings is 1. The predicted octanol–water partition coefficient (Wildman–Crippen LogP) is 1.22. The van der Waals surface area contributed by atoms with Crippen LogP contribution in [-0.4, -0.2) is 20.6 Å². The van der Waals surface area contributed by atoms with Gasteiger partial charge >= 0.3 is 5.69 Å². The molecule has 0 spiro atoms. The van der Waals surface area contributed by atoms with Gasteiger partial charge in [0.05, 0.1) is 0 Å². The number of aromatic nitrogens is 3. The molecule has 6 nitrogen and oxygen atoms in total. The van der Waals surface area contributed by atoms with Gasteiger partial charge in [-0.25, -0.2) is 9.48 Å². The molecule has 0 unspecified atom stereocenters. The zero-order valence-electron chi connectivity index (χ0n) is 10.5. The Kier molecular flexibility index (Phi) is 3.06. The Morgan fingerprint density at radius 2 is 2.21 bits per heavy atom. The van der Waals surface area contributed by atoms with E-state index in [2.05, 4.69) is 5.10 Å². The molecule has 1 aliphatic rings. The molecule has 0 saturated carbocycles. The molecule has 1 aliphatic heterocycles. The Morgan fingerprint density at radius 3 is 3.00 bits per heavy atom. The summed E-state index contributed by atoms with van der Waals surface area (Å²) in [4.78, 5) is 22.8. The number of carbonyl (C=O) groups is 1. The largest absolute Gasteiger partial charge is 0.456 e. The van der Waals surface area contributed by atoms with E-state index in [1.165, 1.54) is 4.68 Å². The number of rotatable bonds is 3.